The van der Waals surface area contributed by atoms with Crippen LogP contribution < -0.4 is 10.9 Å². The van der Waals surface area contributed by atoms with E-state index in [-0.39, 0.29) is 12.0 Å². The summed E-state index contributed by atoms with van der Waals surface area (Å²) in [4.78, 5) is 30.8. The molecular weight excluding hydrogens is 353 g/mol. The Morgan fingerprint density at radius 3 is 2.67 bits per heavy atom. The van der Waals surface area contributed by atoms with Crippen LogP contribution in [0.4, 0.5) is 0 Å². The topological polar surface area (TPSA) is 84.1 Å². The lowest BCUT2D eigenvalue weighted by atomic mass is 10.1. The third kappa shape index (κ3) is 4.80. The SMILES string of the molecule is COCCCNC(=O)c1cnc(Cc2c(Cl)cccc2Cl)[nH]c1=O. The van der Waals surface area contributed by atoms with Crippen LogP contribution in [0.2, 0.25) is 10.0 Å². The van der Waals surface area contributed by atoms with Crippen molar-refractivity contribution in [2.24, 2.45) is 0 Å². The summed E-state index contributed by atoms with van der Waals surface area (Å²) in [7, 11) is 1.58. The van der Waals surface area contributed by atoms with E-state index in [1.54, 1.807) is 25.3 Å². The number of nitrogens with zero attached hydrogens (tertiary/aromatic N) is 1. The van der Waals surface area contributed by atoms with Crippen LogP contribution in [0.15, 0.2) is 29.2 Å². The van der Waals surface area contributed by atoms with Crippen LogP contribution >= 0.6 is 23.2 Å². The zero-order valence-electron chi connectivity index (χ0n) is 13.1. The van der Waals surface area contributed by atoms with Gasteiger partial charge >= 0.3 is 0 Å². The quantitative estimate of drug-likeness (QED) is 0.734. The number of aromatic nitrogens is 2. The molecule has 2 N–H and O–H groups in total. The summed E-state index contributed by atoms with van der Waals surface area (Å²) in [6.07, 6.45) is 2.19. The Morgan fingerprint density at radius 1 is 1.33 bits per heavy atom. The van der Waals surface area contributed by atoms with E-state index in [9.17, 15) is 9.59 Å². The molecule has 0 aliphatic heterocycles. The third-order valence-electron chi connectivity index (χ3n) is 3.31. The van der Waals surface area contributed by atoms with Gasteiger partial charge in [-0.2, -0.15) is 0 Å². The summed E-state index contributed by atoms with van der Waals surface area (Å²) in [5.74, 6) is -0.0897. The van der Waals surface area contributed by atoms with Crippen molar-refractivity contribution >= 4 is 29.1 Å². The molecule has 0 atom stereocenters. The lowest BCUT2D eigenvalue weighted by molar-refractivity contribution is 0.0946. The summed E-state index contributed by atoms with van der Waals surface area (Å²) >= 11 is 12.2. The lowest BCUT2D eigenvalue weighted by Gasteiger charge is -2.07. The Bertz CT molecular complexity index is 757. The van der Waals surface area contributed by atoms with Gasteiger partial charge < -0.3 is 15.0 Å². The number of nitrogens with one attached hydrogen (secondary N) is 2. The van der Waals surface area contributed by atoms with E-state index in [2.05, 4.69) is 15.3 Å². The molecule has 0 aliphatic rings. The summed E-state index contributed by atoms with van der Waals surface area (Å²) in [6, 6.07) is 5.16. The van der Waals surface area contributed by atoms with E-state index in [1.807, 2.05) is 0 Å². The highest BCUT2D eigenvalue weighted by atomic mass is 35.5. The average Bonchev–Trinajstić information content (AvgIpc) is 2.55. The van der Waals surface area contributed by atoms with Gasteiger partial charge in [0.05, 0.1) is 0 Å². The molecule has 0 spiro atoms. The lowest BCUT2D eigenvalue weighted by Crippen LogP contribution is -2.31. The van der Waals surface area contributed by atoms with Gasteiger partial charge in [0.2, 0.25) is 0 Å². The maximum absolute atomic E-state index is 12.1. The van der Waals surface area contributed by atoms with Crippen molar-refractivity contribution in [1.82, 2.24) is 15.3 Å². The molecular formula is C16H17Cl2N3O3. The molecule has 1 heterocycles. The largest absolute Gasteiger partial charge is 0.385 e. The number of benzene rings is 1. The standard InChI is InChI=1S/C16H17Cl2N3O3/c1-24-7-3-6-19-15(22)11-9-20-14(21-16(11)23)8-10-12(17)4-2-5-13(10)18/h2,4-5,9H,3,6-8H2,1H3,(H,19,22)(H,20,21,23). The minimum atomic E-state index is -0.507. The minimum absolute atomic E-state index is 0.0403. The number of hydrogen-bond acceptors (Lipinski definition) is 4. The highest BCUT2D eigenvalue weighted by Crippen LogP contribution is 2.25. The zero-order valence-corrected chi connectivity index (χ0v) is 14.6. The molecule has 0 aliphatic carbocycles. The van der Waals surface area contributed by atoms with Gasteiger partial charge in [-0.3, -0.25) is 9.59 Å². The minimum Gasteiger partial charge on any atom is -0.385 e. The molecule has 0 unspecified atom stereocenters. The van der Waals surface area contributed by atoms with Crippen molar-refractivity contribution in [3.63, 3.8) is 0 Å². The van der Waals surface area contributed by atoms with Gasteiger partial charge in [-0.25, -0.2) is 4.98 Å². The zero-order chi connectivity index (χ0) is 17.5. The van der Waals surface area contributed by atoms with E-state index < -0.39 is 11.5 Å². The molecule has 2 rings (SSSR count). The van der Waals surface area contributed by atoms with E-state index in [1.165, 1.54) is 6.20 Å². The Hall–Kier alpha value is -1.89. The summed E-state index contributed by atoms with van der Waals surface area (Å²) < 4.78 is 4.89. The molecule has 128 valence electrons. The number of methoxy groups -OCH3 is 1. The van der Waals surface area contributed by atoms with Crippen LogP contribution in [0.3, 0.4) is 0 Å². The van der Waals surface area contributed by atoms with Gasteiger partial charge in [0.25, 0.3) is 11.5 Å². The van der Waals surface area contributed by atoms with Crippen LogP contribution in [0, 0.1) is 0 Å². The third-order valence-corrected chi connectivity index (χ3v) is 4.02. The van der Waals surface area contributed by atoms with Crippen molar-refractivity contribution in [1.29, 1.82) is 0 Å². The average molecular weight is 370 g/mol. The van der Waals surface area contributed by atoms with E-state index in [0.717, 1.165) is 0 Å². The maximum Gasteiger partial charge on any atom is 0.263 e. The first kappa shape index (κ1) is 18.4. The molecule has 6 nitrogen and oxygen atoms in total. The van der Waals surface area contributed by atoms with Crippen molar-refractivity contribution < 1.29 is 9.53 Å². The van der Waals surface area contributed by atoms with E-state index >= 15 is 0 Å². The molecule has 24 heavy (non-hydrogen) atoms. The molecule has 0 bridgehead atoms. The van der Waals surface area contributed by atoms with Crippen LogP contribution in [0.1, 0.15) is 28.2 Å². The second kappa shape index (κ2) is 8.82. The van der Waals surface area contributed by atoms with Crippen molar-refractivity contribution in [2.75, 3.05) is 20.3 Å². The van der Waals surface area contributed by atoms with Crippen molar-refractivity contribution in [3.05, 3.63) is 61.7 Å². The van der Waals surface area contributed by atoms with Crippen LogP contribution in [-0.4, -0.2) is 36.1 Å². The van der Waals surface area contributed by atoms with Gasteiger partial charge in [0, 0.05) is 42.9 Å². The van der Waals surface area contributed by atoms with Gasteiger partial charge in [0.15, 0.2) is 0 Å². The highest BCUT2D eigenvalue weighted by molar-refractivity contribution is 6.36. The monoisotopic (exact) mass is 369 g/mol. The number of rotatable bonds is 7. The Morgan fingerprint density at radius 2 is 2.04 bits per heavy atom. The first-order valence-corrected chi connectivity index (χ1v) is 8.06. The summed E-state index contributed by atoms with van der Waals surface area (Å²) in [5.41, 5.74) is 0.120. The molecule has 1 aromatic carbocycles. The number of ether oxygens (including phenoxy) is 1. The second-order valence-electron chi connectivity index (χ2n) is 5.05. The predicted octanol–water partition coefficient (Wildman–Crippen LogP) is 2.43. The fourth-order valence-electron chi connectivity index (χ4n) is 2.07. The van der Waals surface area contributed by atoms with Gasteiger partial charge in [-0.05, 0) is 24.1 Å². The molecule has 0 saturated carbocycles. The highest BCUT2D eigenvalue weighted by Gasteiger charge is 2.13. The van der Waals surface area contributed by atoms with Crippen molar-refractivity contribution in [2.45, 2.75) is 12.8 Å². The maximum atomic E-state index is 12.1. The van der Waals surface area contributed by atoms with Gasteiger partial charge in [0.1, 0.15) is 11.4 Å². The Labute approximate surface area is 149 Å². The Balaban J connectivity index is 2.09. The molecule has 1 amide bonds. The molecule has 0 radical (unpaired) electrons. The molecule has 8 heteroatoms. The summed E-state index contributed by atoms with van der Waals surface area (Å²) in [6.45, 7) is 0.954. The van der Waals surface area contributed by atoms with Crippen LogP contribution in [0.25, 0.3) is 0 Å². The first-order valence-electron chi connectivity index (χ1n) is 7.31. The van der Waals surface area contributed by atoms with Crippen molar-refractivity contribution in [3.8, 4) is 0 Å². The Kier molecular flexibility index (Phi) is 6.78. The van der Waals surface area contributed by atoms with Gasteiger partial charge in [-0.15, -0.1) is 0 Å². The molecule has 1 aromatic heterocycles. The molecule has 2 aromatic rings. The van der Waals surface area contributed by atoms with Crippen LogP contribution in [0.5, 0.6) is 0 Å². The first-order chi connectivity index (χ1) is 11.5. The number of carbonyl (C=O) groups is 1. The number of amides is 1. The van der Waals surface area contributed by atoms with Crippen LogP contribution in [-0.2, 0) is 11.2 Å². The summed E-state index contributed by atoms with van der Waals surface area (Å²) in [5, 5.41) is 3.62. The van der Waals surface area contributed by atoms with E-state index in [4.69, 9.17) is 27.9 Å². The fraction of sp³-hybridized carbons (Fsp3) is 0.312. The van der Waals surface area contributed by atoms with Gasteiger partial charge in [-0.1, -0.05) is 29.3 Å². The predicted molar refractivity (Wildman–Crippen MR) is 93.0 cm³/mol. The second-order valence-corrected chi connectivity index (χ2v) is 5.87. The van der Waals surface area contributed by atoms with E-state index in [0.29, 0.717) is 41.0 Å². The fourth-order valence-corrected chi connectivity index (χ4v) is 2.60. The molecule has 0 saturated heterocycles. The number of carbonyl (C=O) groups excluding carboxylic acids is 1. The normalized spacial score (nSPS) is 10.6. The smallest absolute Gasteiger partial charge is 0.263 e. The number of H-pyrrole nitrogens is 1. The number of hydrogen-bond donors (Lipinski definition) is 2. The number of halogens is 2. The number of aromatic amines is 1. The molecule has 0 fully saturated rings.